The molecule has 6 nitrogen and oxygen atoms in total. The van der Waals surface area contributed by atoms with Crippen LogP contribution in [0.25, 0.3) is 0 Å². The van der Waals surface area contributed by atoms with Gasteiger partial charge in [-0.3, -0.25) is 0 Å². The van der Waals surface area contributed by atoms with Crippen LogP contribution in [0, 0.1) is 0 Å². The molecule has 0 heterocycles. The van der Waals surface area contributed by atoms with E-state index in [0.717, 1.165) is 5.56 Å². The van der Waals surface area contributed by atoms with Gasteiger partial charge in [0.1, 0.15) is 4.90 Å². The van der Waals surface area contributed by atoms with Crippen molar-refractivity contribution >= 4 is 21.4 Å². The minimum Gasteiger partial charge on any atom is -0.399 e. The monoisotopic (exact) mass is 307 g/mol. The van der Waals surface area contributed by atoms with Crippen molar-refractivity contribution in [2.75, 3.05) is 17.6 Å². The molecule has 1 unspecified atom stereocenters. The number of rotatable bonds is 5. The summed E-state index contributed by atoms with van der Waals surface area (Å²) in [7, 11) is -3.89. The zero-order valence-electron chi connectivity index (χ0n) is 11.2. The summed E-state index contributed by atoms with van der Waals surface area (Å²) in [6.07, 6.45) is -0.767. The summed E-state index contributed by atoms with van der Waals surface area (Å²) in [5, 5.41) is 18.1. The van der Waals surface area contributed by atoms with Gasteiger partial charge in [0.2, 0.25) is 10.0 Å². The van der Waals surface area contributed by atoms with Gasteiger partial charge in [0.05, 0.1) is 11.8 Å². The van der Waals surface area contributed by atoms with Gasteiger partial charge in [0.25, 0.3) is 0 Å². The minimum absolute atomic E-state index is 0.0947. The number of hydrogen-bond donors (Lipinski definition) is 4. The number of anilines is 2. The van der Waals surface area contributed by atoms with Gasteiger partial charge in [-0.25, -0.2) is 13.6 Å². The van der Waals surface area contributed by atoms with E-state index in [1.54, 1.807) is 18.2 Å². The van der Waals surface area contributed by atoms with E-state index < -0.39 is 16.1 Å². The van der Waals surface area contributed by atoms with E-state index in [9.17, 15) is 13.5 Å². The molecule has 112 valence electrons. The first-order valence-electron chi connectivity index (χ1n) is 6.27. The highest BCUT2D eigenvalue weighted by molar-refractivity contribution is 7.89. The molecular formula is C14H17N3O3S. The fraction of sp³-hybridized carbons (Fsp3) is 0.143. The Hall–Kier alpha value is -2.09. The SMILES string of the molecule is Nc1ccc(NCC(O)c2ccccc2)c(S(N)(=O)=O)c1. The van der Waals surface area contributed by atoms with Crippen molar-refractivity contribution in [1.82, 2.24) is 0 Å². The smallest absolute Gasteiger partial charge is 0.240 e. The second-order valence-corrected chi connectivity index (χ2v) is 6.14. The van der Waals surface area contributed by atoms with Gasteiger partial charge in [-0.1, -0.05) is 30.3 Å². The largest absolute Gasteiger partial charge is 0.399 e. The molecule has 21 heavy (non-hydrogen) atoms. The highest BCUT2D eigenvalue weighted by Gasteiger charge is 2.15. The molecule has 0 bridgehead atoms. The van der Waals surface area contributed by atoms with Crippen LogP contribution in [-0.2, 0) is 10.0 Å². The molecule has 0 saturated carbocycles. The van der Waals surface area contributed by atoms with Crippen LogP contribution in [0.1, 0.15) is 11.7 Å². The lowest BCUT2D eigenvalue weighted by Crippen LogP contribution is -2.18. The standard InChI is InChI=1S/C14H17N3O3S/c15-11-6-7-12(14(8-11)21(16,19)20)17-9-13(18)10-4-2-1-3-5-10/h1-8,13,17-18H,9,15H2,(H2,16,19,20). The quantitative estimate of drug-likeness (QED) is 0.616. The summed E-state index contributed by atoms with van der Waals surface area (Å²) in [5.74, 6) is 0. The molecule has 0 aliphatic heterocycles. The highest BCUT2D eigenvalue weighted by atomic mass is 32.2. The lowest BCUT2D eigenvalue weighted by atomic mass is 10.1. The average molecular weight is 307 g/mol. The Morgan fingerprint density at radius 1 is 1.14 bits per heavy atom. The summed E-state index contributed by atoms with van der Waals surface area (Å²) in [5.41, 5.74) is 6.91. The summed E-state index contributed by atoms with van der Waals surface area (Å²) in [6, 6.07) is 13.4. The van der Waals surface area contributed by atoms with Crippen molar-refractivity contribution in [2.24, 2.45) is 5.14 Å². The maximum absolute atomic E-state index is 11.5. The van der Waals surface area contributed by atoms with Gasteiger partial charge in [-0.15, -0.1) is 0 Å². The van der Waals surface area contributed by atoms with Crippen LogP contribution in [0.15, 0.2) is 53.4 Å². The zero-order valence-corrected chi connectivity index (χ0v) is 12.0. The number of nitrogens with one attached hydrogen (secondary N) is 1. The average Bonchev–Trinajstić information content (AvgIpc) is 2.45. The molecule has 1 atom stereocenters. The zero-order chi connectivity index (χ0) is 15.5. The first-order valence-corrected chi connectivity index (χ1v) is 7.82. The maximum atomic E-state index is 11.5. The van der Waals surface area contributed by atoms with Crippen LogP contribution in [0.4, 0.5) is 11.4 Å². The summed E-state index contributed by atoms with van der Waals surface area (Å²) in [6.45, 7) is 0.149. The molecule has 0 spiro atoms. The molecule has 6 N–H and O–H groups in total. The number of nitrogen functional groups attached to an aromatic ring is 1. The van der Waals surface area contributed by atoms with E-state index in [0.29, 0.717) is 11.4 Å². The molecular weight excluding hydrogens is 290 g/mol. The van der Waals surface area contributed by atoms with E-state index in [4.69, 9.17) is 10.9 Å². The molecule has 0 radical (unpaired) electrons. The molecule has 0 aliphatic carbocycles. The molecule has 2 aromatic carbocycles. The van der Waals surface area contributed by atoms with Gasteiger partial charge in [0.15, 0.2) is 0 Å². The summed E-state index contributed by atoms with van der Waals surface area (Å²) >= 11 is 0. The van der Waals surface area contributed by atoms with Crippen molar-refractivity contribution in [3.05, 3.63) is 54.1 Å². The second-order valence-electron chi connectivity index (χ2n) is 4.61. The topological polar surface area (TPSA) is 118 Å². The van der Waals surface area contributed by atoms with Crippen LogP contribution >= 0.6 is 0 Å². The Morgan fingerprint density at radius 2 is 1.81 bits per heavy atom. The first-order chi connectivity index (χ1) is 9.88. The predicted molar refractivity (Wildman–Crippen MR) is 82.1 cm³/mol. The Labute approximate surface area is 123 Å². The van der Waals surface area contributed by atoms with Crippen LogP contribution in [-0.4, -0.2) is 20.1 Å². The Kier molecular flexibility index (Phi) is 4.46. The van der Waals surface area contributed by atoms with Crippen LogP contribution in [0.5, 0.6) is 0 Å². The number of aliphatic hydroxyl groups is 1. The third kappa shape index (κ3) is 3.94. The van der Waals surface area contributed by atoms with Crippen molar-refractivity contribution < 1.29 is 13.5 Å². The summed E-state index contributed by atoms with van der Waals surface area (Å²) < 4.78 is 23.1. The lowest BCUT2D eigenvalue weighted by molar-refractivity contribution is 0.191. The second kappa shape index (κ2) is 6.13. The van der Waals surface area contributed by atoms with Gasteiger partial charge >= 0.3 is 0 Å². The molecule has 0 aromatic heterocycles. The maximum Gasteiger partial charge on any atom is 0.240 e. The van der Waals surface area contributed by atoms with E-state index in [2.05, 4.69) is 5.32 Å². The fourth-order valence-electron chi connectivity index (χ4n) is 1.92. The van der Waals surface area contributed by atoms with E-state index in [1.807, 2.05) is 18.2 Å². The first kappa shape index (κ1) is 15.3. The Morgan fingerprint density at radius 3 is 2.43 bits per heavy atom. The summed E-state index contributed by atoms with van der Waals surface area (Å²) in [4.78, 5) is -0.0947. The minimum atomic E-state index is -3.89. The number of nitrogens with two attached hydrogens (primary N) is 2. The molecule has 7 heteroatoms. The Balaban J connectivity index is 2.17. The van der Waals surface area contributed by atoms with E-state index >= 15 is 0 Å². The molecule has 0 saturated heterocycles. The van der Waals surface area contributed by atoms with E-state index in [-0.39, 0.29) is 11.4 Å². The van der Waals surface area contributed by atoms with Gasteiger partial charge in [-0.05, 0) is 23.8 Å². The normalized spacial score (nSPS) is 12.9. The number of primary sulfonamides is 1. The van der Waals surface area contributed by atoms with E-state index in [1.165, 1.54) is 12.1 Å². The highest BCUT2D eigenvalue weighted by Crippen LogP contribution is 2.23. The van der Waals surface area contributed by atoms with Crippen molar-refractivity contribution in [3.63, 3.8) is 0 Å². The van der Waals surface area contributed by atoms with Crippen molar-refractivity contribution in [1.29, 1.82) is 0 Å². The number of sulfonamides is 1. The number of benzene rings is 2. The van der Waals surface area contributed by atoms with Gasteiger partial charge in [-0.2, -0.15) is 0 Å². The number of aliphatic hydroxyl groups excluding tert-OH is 1. The molecule has 0 aliphatic rings. The van der Waals surface area contributed by atoms with Crippen LogP contribution in [0.3, 0.4) is 0 Å². The predicted octanol–water partition coefficient (Wildman–Crippen LogP) is 1.06. The molecule has 2 aromatic rings. The number of hydrogen-bond acceptors (Lipinski definition) is 5. The molecule has 0 amide bonds. The molecule has 2 rings (SSSR count). The van der Waals surface area contributed by atoms with Gasteiger partial charge in [0, 0.05) is 12.2 Å². The van der Waals surface area contributed by atoms with Crippen molar-refractivity contribution in [2.45, 2.75) is 11.0 Å². The van der Waals surface area contributed by atoms with Gasteiger partial charge < -0.3 is 16.2 Å². The van der Waals surface area contributed by atoms with Crippen LogP contribution in [0.2, 0.25) is 0 Å². The van der Waals surface area contributed by atoms with Crippen LogP contribution < -0.4 is 16.2 Å². The fourth-order valence-corrected chi connectivity index (χ4v) is 2.67. The molecule has 0 fully saturated rings. The van der Waals surface area contributed by atoms with Crippen molar-refractivity contribution in [3.8, 4) is 0 Å². The third-order valence-electron chi connectivity index (χ3n) is 2.98. The Bertz CT molecular complexity index is 717. The third-order valence-corrected chi connectivity index (χ3v) is 3.93. The lowest BCUT2D eigenvalue weighted by Gasteiger charge is -2.15.